The highest BCUT2D eigenvalue weighted by atomic mass is 16.5. The third kappa shape index (κ3) is 5.31. The van der Waals surface area contributed by atoms with Crippen LogP contribution in [0, 0.1) is 16.7 Å². The average Bonchev–Trinajstić information content (AvgIpc) is 2.45. The van der Waals surface area contributed by atoms with Crippen molar-refractivity contribution in [2.75, 3.05) is 13.7 Å². The lowest BCUT2D eigenvalue weighted by atomic mass is 9.73. The first kappa shape index (κ1) is 20.4. The van der Waals surface area contributed by atoms with Crippen LogP contribution in [0.25, 0.3) is 0 Å². The van der Waals surface area contributed by atoms with Crippen molar-refractivity contribution in [3.63, 3.8) is 0 Å². The molecule has 0 aromatic carbocycles. The molecule has 0 rings (SSSR count). The molecule has 2 unspecified atom stereocenters. The zero-order chi connectivity index (χ0) is 17.6. The fourth-order valence-electron chi connectivity index (χ4n) is 2.36. The Kier molecular flexibility index (Phi) is 7.56. The number of carbonyl (C=O) groups is 3. The standard InChI is InChI=1S/C16H28O6/c1-7-16(5,14(20)21-6)10-11(12(17)22-8-2)9-15(3,4)13(18)19/h11H,7-10H2,1-6H3,(H,18,19). The second kappa shape index (κ2) is 8.15. The Morgan fingerprint density at radius 1 is 1.09 bits per heavy atom. The molecule has 0 aliphatic carbocycles. The zero-order valence-corrected chi connectivity index (χ0v) is 14.4. The second-order valence-electron chi connectivity index (χ2n) is 6.45. The Balaban J connectivity index is 5.37. The summed E-state index contributed by atoms with van der Waals surface area (Å²) in [5.74, 6) is -2.54. The predicted octanol–water partition coefficient (Wildman–Crippen LogP) is 2.65. The van der Waals surface area contributed by atoms with Crippen molar-refractivity contribution in [1.29, 1.82) is 0 Å². The van der Waals surface area contributed by atoms with Gasteiger partial charge >= 0.3 is 17.9 Å². The summed E-state index contributed by atoms with van der Waals surface area (Å²) < 4.78 is 9.87. The predicted molar refractivity (Wildman–Crippen MR) is 81.2 cm³/mol. The van der Waals surface area contributed by atoms with Crippen LogP contribution in [0.5, 0.6) is 0 Å². The number of esters is 2. The maximum Gasteiger partial charge on any atom is 0.311 e. The second-order valence-corrected chi connectivity index (χ2v) is 6.45. The molecule has 0 saturated heterocycles. The first-order chi connectivity index (χ1) is 10.0. The number of methoxy groups -OCH3 is 1. The summed E-state index contributed by atoms with van der Waals surface area (Å²) >= 11 is 0. The quantitative estimate of drug-likeness (QED) is 0.658. The summed E-state index contributed by atoms with van der Waals surface area (Å²) in [4.78, 5) is 35.5. The van der Waals surface area contributed by atoms with Gasteiger partial charge in [0.05, 0.1) is 30.5 Å². The van der Waals surface area contributed by atoms with Gasteiger partial charge in [0.2, 0.25) is 0 Å². The van der Waals surface area contributed by atoms with E-state index >= 15 is 0 Å². The van der Waals surface area contributed by atoms with E-state index in [0.29, 0.717) is 6.42 Å². The number of rotatable bonds is 9. The van der Waals surface area contributed by atoms with Crippen LogP contribution in [0.15, 0.2) is 0 Å². The van der Waals surface area contributed by atoms with Crippen molar-refractivity contribution >= 4 is 17.9 Å². The lowest BCUT2D eigenvalue weighted by Gasteiger charge is -2.31. The minimum Gasteiger partial charge on any atom is -0.481 e. The van der Waals surface area contributed by atoms with E-state index in [2.05, 4.69) is 0 Å². The van der Waals surface area contributed by atoms with Crippen molar-refractivity contribution in [3.8, 4) is 0 Å². The molecule has 0 bridgehead atoms. The fourth-order valence-corrected chi connectivity index (χ4v) is 2.36. The van der Waals surface area contributed by atoms with Gasteiger partial charge in [0, 0.05) is 0 Å². The van der Waals surface area contributed by atoms with Gasteiger partial charge in [-0.05, 0) is 47.0 Å². The van der Waals surface area contributed by atoms with Crippen LogP contribution < -0.4 is 0 Å². The number of aliphatic carboxylic acids is 1. The molecular weight excluding hydrogens is 288 g/mol. The van der Waals surface area contributed by atoms with E-state index in [1.54, 1.807) is 27.7 Å². The largest absolute Gasteiger partial charge is 0.481 e. The van der Waals surface area contributed by atoms with Crippen LogP contribution in [-0.2, 0) is 23.9 Å². The number of ether oxygens (including phenoxy) is 2. The molecule has 0 saturated carbocycles. The van der Waals surface area contributed by atoms with Gasteiger partial charge in [-0.25, -0.2) is 0 Å². The lowest BCUT2D eigenvalue weighted by Crippen LogP contribution is -2.37. The van der Waals surface area contributed by atoms with Gasteiger partial charge in [-0.15, -0.1) is 0 Å². The Bertz CT molecular complexity index is 415. The monoisotopic (exact) mass is 316 g/mol. The van der Waals surface area contributed by atoms with Crippen LogP contribution >= 0.6 is 0 Å². The van der Waals surface area contributed by atoms with E-state index in [0.717, 1.165) is 0 Å². The Labute approximate surface area is 132 Å². The van der Waals surface area contributed by atoms with Gasteiger partial charge in [0.25, 0.3) is 0 Å². The average molecular weight is 316 g/mol. The van der Waals surface area contributed by atoms with Crippen molar-refractivity contribution in [2.24, 2.45) is 16.7 Å². The lowest BCUT2D eigenvalue weighted by molar-refractivity contribution is -0.158. The molecule has 0 aromatic heterocycles. The third-order valence-corrected chi connectivity index (χ3v) is 4.11. The molecule has 6 nitrogen and oxygen atoms in total. The molecule has 0 heterocycles. The fraction of sp³-hybridized carbons (Fsp3) is 0.812. The van der Waals surface area contributed by atoms with Gasteiger partial charge in [0.15, 0.2) is 0 Å². The summed E-state index contributed by atoms with van der Waals surface area (Å²) in [5, 5.41) is 9.27. The molecule has 1 N–H and O–H groups in total. The first-order valence-electron chi connectivity index (χ1n) is 7.52. The smallest absolute Gasteiger partial charge is 0.311 e. The summed E-state index contributed by atoms with van der Waals surface area (Å²) in [6.07, 6.45) is 0.794. The SMILES string of the molecule is CCOC(=O)C(CC(C)(C)C(=O)O)CC(C)(CC)C(=O)OC. The summed E-state index contributed by atoms with van der Waals surface area (Å²) in [5.41, 5.74) is -1.93. The summed E-state index contributed by atoms with van der Waals surface area (Å²) in [6.45, 7) is 8.58. The minimum atomic E-state index is -1.08. The highest BCUT2D eigenvalue weighted by molar-refractivity contribution is 5.80. The van der Waals surface area contributed by atoms with E-state index in [9.17, 15) is 19.5 Å². The molecular formula is C16H28O6. The molecule has 128 valence electrons. The van der Waals surface area contributed by atoms with Gasteiger partial charge in [-0.1, -0.05) is 6.92 Å². The van der Waals surface area contributed by atoms with Crippen LogP contribution in [0.3, 0.4) is 0 Å². The van der Waals surface area contributed by atoms with Crippen LogP contribution in [0.1, 0.15) is 53.9 Å². The number of hydrogen-bond donors (Lipinski definition) is 1. The van der Waals surface area contributed by atoms with Gasteiger partial charge in [0.1, 0.15) is 0 Å². The van der Waals surface area contributed by atoms with E-state index in [-0.39, 0.29) is 19.4 Å². The highest BCUT2D eigenvalue weighted by Gasteiger charge is 2.41. The topological polar surface area (TPSA) is 89.9 Å². The molecule has 0 radical (unpaired) electrons. The van der Waals surface area contributed by atoms with Crippen LogP contribution in [-0.4, -0.2) is 36.7 Å². The molecule has 0 aliphatic heterocycles. The maximum absolute atomic E-state index is 12.2. The number of carboxylic acid groups (broad SMARTS) is 1. The van der Waals surface area contributed by atoms with Crippen molar-refractivity contribution in [3.05, 3.63) is 0 Å². The number of carbonyl (C=O) groups excluding carboxylic acids is 2. The van der Waals surface area contributed by atoms with Crippen molar-refractivity contribution < 1.29 is 29.0 Å². The minimum absolute atomic E-state index is 0.105. The molecule has 22 heavy (non-hydrogen) atoms. The Hall–Kier alpha value is -1.59. The highest BCUT2D eigenvalue weighted by Crippen LogP contribution is 2.37. The summed E-state index contributed by atoms with van der Waals surface area (Å²) in [7, 11) is 1.30. The van der Waals surface area contributed by atoms with Gasteiger partial charge < -0.3 is 14.6 Å². The Morgan fingerprint density at radius 3 is 2.00 bits per heavy atom. The van der Waals surface area contributed by atoms with Crippen LogP contribution in [0.4, 0.5) is 0 Å². The molecule has 0 fully saturated rings. The van der Waals surface area contributed by atoms with Crippen LogP contribution in [0.2, 0.25) is 0 Å². The van der Waals surface area contributed by atoms with E-state index in [1.807, 2.05) is 6.92 Å². The zero-order valence-electron chi connectivity index (χ0n) is 14.4. The maximum atomic E-state index is 12.2. The first-order valence-corrected chi connectivity index (χ1v) is 7.52. The molecule has 0 spiro atoms. The van der Waals surface area contributed by atoms with Crippen molar-refractivity contribution in [2.45, 2.75) is 53.9 Å². The number of hydrogen-bond acceptors (Lipinski definition) is 5. The summed E-state index contributed by atoms with van der Waals surface area (Å²) in [6, 6.07) is 0. The third-order valence-electron chi connectivity index (χ3n) is 4.11. The van der Waals surface area contributed by atoms with E-state index < -0.39 is 34.7 Å². The molecule has 6 heteroatoms. The Morgan fingerprint density at radius 2 is 1.64 bits per heavy atom. The molecule has 0 aliphatic rings. The van der Waals surface area contributed by atoms with E-state index in [4.69, 9.17) is 9.47 Å². The molecule has 0 amide bonds. The van der Waals surface area contributed by atoms with E-state index in [1.165, 1.54) is 7.11 Å². The molecule has 0 aromatic rings. The van der Waals surface area contributed by atoms with Gasteiger partial charge in [-0.3, -0.25) is 14.4 Å². The normalized spacial score (nSPS) is 15.5. The van der Waals surface area contributed by atoms with Crippen molar-refractivity contribution in [1.82, 2.24) is 0 Å². The number of carboxylic acids is 1. The van der Waals surface area contributed by atoms with Gasteiger partial charge in [-0.2, -0.15) is 0 Å². The molecule has 2 atom stereocenters.